The Hall–Kier alpha value is 0.869. The van der Waals surface area contributed by atoms with Gasteiger partial charge >= 0.3 is 48.9 Å². The topological polar surface area (TPSA) is 0 Å². The fourth-order valence-corrected chi connectivity index (χ4v) is 2.60. The van der Waals surface area contributed by atoms with Gasteiger partial charge in [0.25, 0.3) is 0 Å². The quantitative estimate of drug-likeness (QED) is 0.458. The van der Waals surface area contributed by atoms with Crippen LogP contribution in [0.25, 0.3) is 0 Å². The minimum absolute atomic E-state index is 0.884. The molecule has 0 rings (SSSR count). The van der Waals surface area contributed by atoms with Crippen molar-refractivity contribution in [3.8, 4) is 0 Å². The van der Waals surface area contributed by atoms with E-state index in [4.69, 9.17) is 0 Å². The predicted octanol–water partition coefficient (Wildman–Crippen LogP) is 1.80. The van der Waals surface area contributed by atoms with Crippen LogP contribution in [0.5, 0.6) is 0 Å². The Bertz CT molecular complexity index is 19.5. The minimum atomic E-state index is 0.884. The van der Waals surface area contributed by atoms with E-state index in [2.05, 4.69) is 24.0 Å². The van der Waals surface area contributed by atoms with Crippen molar-refractivity contribution < 1.29 is 0 Å². The summed E-state index contributed by atoms with van der Waals surface area (Å²) in [5.41, 5.74) is 0. The fraction of sp³-hybridized carbons (Fsp3) is 1.00. The van der Waals surface area contributed by atoms with Gasteiger partial charge in [0.05, 0.1) is 0 Å². The van der Waals surface area contributed by atoms with Gasteiger partial charge in [0.15, 0.2) is 0 Å². The summed E-state index contributed by atoms with van der Waals surface area (Å²) in [5, 5.41) is 1.38. The van der Waals surface area contributed by atoms with E-state index in [1.807, 2.05) is 0 Å². The zero-order valence-electron chi connectivity index (χ0n) is 4.23. The summed E-state index contributed by atoms with van der Waals surface area (Å²) in [6.07, 6.45) is 0. The summed E-state index contributed by atoms with van der Waals surface area (Å²) in [6, 6.07) is 0. The van der Waals surface area contributed by atoms with E-state index < -0.39 is 0 Å². The number of hydrogen-bond donors (Lipinski definition) is 0. The van der Waals surface area contributed by atoms with Crippen molar-refractivity contribution in [2.24, 2.45) is 0 Å². The Morgan fingerprint density at radius 1 is 1.50 bits per heavy atom. The maximum absolute atomic E-state index is 2.24. The van der Waals surface area contributed by atoms with Crippen LogP contribution in [0.15, 0.2) is 0 Å². The second-order valence-electron chi connectivity index (χ2n) is 0.813. The van der Waals surface area contributed by atoms with E-state index >= 15 is 0 Å². The first-order valence-electron chi connectivity index (χ1n) is 2.16. The van der Waals surface area contributed by atoms with Crippen molar-refractivity contribution in [3.63, 3.8) is 0 Å². The molecule has 0 amide bonds. The van der Waals surface area contributed by atoms with Crippen LogP contribution in [0, 0.1) is 0 Å². The molecule has 0 aliphatic heterocycles. The fourth-order valence-electron chi connectivity index (χ4n) is 0.167. The summed E-state index contributed by atoms with van der Waals surface area (Å²) >= 11 is 0.884. The van der Waals surface area contributed by atoms with Crippen molar-refractivity contribution in [2.45, 2.75) is 19.2 Å². The molecule has 0 aliphatic carbocycles. The van der Waals surface area contributed by atoms with Gasteiger partial charge in [0, 0.05) is 0 Å². The van der Waals surface area contributed by atoms with Gasteiger partial charge in [0.1, 0.15) is 0 Å². The van der Waals surface area contributed by atoms with E-state index in [-0.39, 0.29) is 0 Å². The Labute approximate surface area is 49.3 Å². The van der Waals surface area contributed by atoms with Crippen LogP contribution in [0.4, 0.5) is 0 Å². The van der Waals surface area contributed by atoms with Crippen LogP contribution in [0.3, 0.4) is 0 Å². The Balaban J connectivity index is 2.34. The third-order valence-corrected chi connectivity index (χ3v) is 4.97. The molecule has 0 nitrogen and oxygen atoms in total. The molecule has 38 valence electrons. The van der Waals surface area contributed by atoms with Crippen LogP contribution in [-0.2, 0) is 0 Å². The second kappa shape index (κ2) is 5.87. The Morgan fingerprint density at radius 2 is 2.17 bits per heavy atom. The molecule has 0 heterocycles. The Morgan fingerprint density at radius 3 is 2.33 bits per heavy atom. The van der Waals surface area contributed by atoms with Crippen molar-refractivity contribution in [3.05, 3.63) is 0 Å². The monoisotopic (exact) mass is 170 g/mol. The molecule has 0 fully saturated rings. The van der Waals surface area contributed by atoms with E-state index in [9.17, 15) is 0 Å². The SMILES string of the molecule is CCS[Se]CC. The zero-order valence-corrected chi connectivity index (χ0v) is 6.76. The molecule has 2 heteroatoms. The first kappa shape index (κ1) is 6.87. The first-order chi connectivity index (χ1) is 2.91. The van der Waals surface area contributed by atoms with Gasteiger partial charge in [-0.2, -0.15) is 0 Å². The molecule has 0 saturated heterocycles. The van der Waals surface area contributed by atoms with E-state index in [1.165, 1.54) is 11.1 Å². The van der Waals surface area contributed by atoms with E-state index in [0.717, 1.165) is 13.8 Å². The summed E-state index contributed by atoms with van der Waals surface area (Å²) in [4.78, 5) is 0. The molecule has 0 aromatic rings. The third kappa shape index (κ3) is 4.87. The van der Waals surface area contributed by atoms with Crippen LogP contribution >= 0.6 is 10.2 Å². The molecule has 0 aliphatic rings. The van der Waals surface area contributed by atoms with Crippen LogP contribution in [-0.4, -0.2) is 19.6 Å². The molecule has 0 radical (unpaired) electrons. The number of hydrogen-bond acceptors (Lipinski definition) is 1. The third-order valence-electron chi connectivity index (χ3n) is 0.319. The first-order valence-corrected chi connectivity index (χ1v) is 6.38. The van der Waals surface area contributed by atoms with Gasteiger partial charge in [-0.15, -0.1) is 0 Å². The number of rotatable bonds is 3. The zero-order chi connectivity index (χ0) is 4.83. The molecule has 0 aromatic heterocycles. The van der Waals surface area contributed by atoms with Crippen molar-refractivity contribution in [2.75, 3.05) is 5.75 Å². The predicted molar refractivity (Wildman–Crippen MR) is 34.4 cm³/mol. The maximum atomic E-state index is 2.24. The van der Waals surface area contributed by atoms with Gasteiger partial charge in [-0.25, -0.2) is 0 Å². The van der Waals surface area contributed by atoms with Crippen LogP contribution < -0.4 is 0 Å². The average Bonchev–Trinajstić information content (AvgIpc) is 1.61. The summed E-state index contributed by atoms with van der Waals surface area (Å²) in [7, 11) is 2.07. The molecule has 0 saturated carbocycles. The molecule has 0 atom stereocenters. The van der Waals surface area contributed by atoms with Gasteiger partial charge in [-0.05, 0) is 0 Å². The van der Waals surface area contributed by atoms with Gasteiger partial charge in [0.2, 0.25) is 0 Å². The standard InChI is InChI=1S/C4H10SSe/c1-3-5-6-4-2/h3-4H2,1-2H3. The van der Waals surface area contributed by atoms with Crippen molar-refractivity contribution in [1.82, 2.24) is 0 Å². The molecular weight excluding hydrogens is 159 g/mol. The molecule has 0 aromatic carbocycles. The summed E-state index contributed by atoms with van der Waals surface area (Å²) in [5.74, 6) is 1.30. The van der Waals surface area contributed by atoms with Crippen LogP contribution in [0.1, 0.15) is 13.8 Å². The average molecular weight is 169 g/mol. The molecule has 0 spiro atoms. The molecule has 0 bridgehead atoms. The van der Waals surface area contributed by atoms with E-state index in [0.29, 0.717) is 0 Å². The van der Waals surface area contributed by atoms with Crippen LogP contribution in [0.2, 0.25) is 5.32 Å². The summed E-state index contributed by atoms with van der Waals surface area (Å²) < 4.78 is 0. The van der Waals surface area contributed by atoms with E-state index in [1.54, 1.807) is 0 Å². The summed E-state index contributed by atoms with van der Waals surface area (Å²) in [6.45, 7) is 4.45. The van der Waals surface area contributed by atoms with Gasteiger partial charge in [-0.3, -0.25) is 0 Å². The molecule has 0 unspecified atom stereocenters. The molecule has 0 N–H and O–H groups in total. The van der Waals surface area contributed by atoms with Gasteiger partial charge < -0.3 is 0 Å². The van der Waals surface area contributed by atoms with Crippen molar-refractivity contribution in [1.29, 1.82) is 0 Å². The normalized spacial score (nSPS) is 9.00. The molecule has 6 heavy (non-hydrogen) atoms. The van der Waals surface area contributed by atoms with Gasteiger partial charge in [-0.1, -0.05) is 0 Å². The van der Waals surface area contributed by atoms with Crippen molar-refractivity contribution >= 4 is 24.0 Å². The molecular formula is C4H10SSe. The Kier molecular flexibility index (Phi) is 6.72. The second-order valence-corrected chi connectivity index (χ2v) is 6.04.